The first-order chi connectivity index (χ1) is 7.33. The maximum absolute atomic E-state index is 4.42. The fourth-order valence-corrected chi connectivity index (χ4v) is 2.33. The summed E-state index contributed by atoms with van der Waals surface area (Å²) in [6.45, 7) is 1.96. The topological polar surface area (TPSA) is 38.7 Å². The third-order valence-corrected chi connectivity index (χ3v) is 3.27. The number of hydrogen-bond acceptors (Lipinski definition) is 4. The highest BCUT2D eigenvalue weighted by Crippen LogP contribution is 2.26. The molecule has 0 aliphatic heterocycles. The molecule has 0 bridgehead atoms. The van der Waals surface area contributed by atoms with E-state index in [0.29, 0.717) is 0 Å². The van der Waals surface area contributed by atoms with E-state index >= 15 is 0 Å². The molecule has 0 fully saturated rings. The van der Waals surface area contributed by atoms with Crippen LogP contribution in [0.15, 0.2) is 18.3 Å². The minimum absolute atomic E-state index is 0.947. The summed E-state index contributed by atoms with van der Waals surface area (Å²) in [5.74, 6) is 0. The van der Waals surface area contributed by atoms with E-state index in [1.807, 2.05) is 13.1 Å². The molecule has 2 aromatic heterocycles. The molecule has 0 N–H and O–H groups in total. The Labute approximate surface area is 91.5 Å². The van der Waals surface area contributed by atoms with Crippen LogP contribution in [0.25, 0.3) is 16.6 Å². The molecule has 1 aliphatic rings. The molecule has 0 atom stereocenters. The van der Waals surface area contributed by atoms with Gasteiger partial charge in [-0.3, -0.25) is 4.98 Å². The van der Waals surface area contributed by atoms with Gasteiger partial charge in [0, 0.05) is 18.2 Å². The number of rotatable bonds is 1. The van der Waals surface area contributed by atoms with Crippen molar-refractivity contribution < 1.29 is 0 Å². The molecular weight excluding hydrogens is 206 g/mol. The number of pyridine rings is 1. The summed E-state index contributed by atoms with van der Waals surface area (Å²) in [5, 5.41) is 10.1. The first-order valence-corrected chi connectivity index (χ1v) is 5.60. The summed E-state index contributed by atoms with van der Waals surface area (Å²) < 4.78 is 0. The second-order valence-corrected chi connectivity index (χ2v) is 4.67. The zero-order chi connectivity index (χ0) is 10.3. The van der Waals surface area contributed by atoms with E-state index < -0.39 is 0 Å². The predicted molar refractivity (Wildman–Crippen MR) is 60.6 cm³/mol. The van der Waals surface area contributed by atoms with Crippen LogP contribution in [-0.2, 0) is 6.42 Å². The van der Waals surface area contributed by atoms with E-state index in [9.17, 15) is 0 Å². The molecule has 0 amide bonds. The van der Waals surface area contributed by atoms with Crippen LogP contribution in [0.2, 0.25) is 0 Å². The van der Waals surface area contributed by atoms with Crippen molar-refractivity contribution in [3.05, 3.63) is 34.6 Å². The zero-order valence-electron chi connectivity index (χ0n) is 8.27. The quantitative estimate of drug-likeness (QED) is 0.733. The molecule has 4 heteroatoms. The smallest absolute Gasteiger partial charge is 0.149 e. The fourth-order valence-electron chi connectivity index (χ4n) is 1.65. The van der Waals surface area contributed by atoms with Crippen molar-refractivity contribution in [2.24, 2.45) is 0 Å². The number of aryl methyl sites for hydroxylation is 1. The van der Waals surface area contributed by atoms with Crippen molar-refractivity contribution in [1.29, 1.82) is 0 Å². The Morgan fingerprint density at radius 2 is 2.27 bits per heavy atom. The van der Waals surface area contributed by atoms with Gasteiger partial charge in [-0.1, -0.05) is 23.5 Å². The maximum Gasteiger partial charge on any atom is 0.149 e. The van der Waals surface area contributed by atoms with Gasteiger partial charge in [-0.25, -0.2) is 0 Å². The fraction of sp³-hybridized carbons (Fsp3) is 0.182. The molecule has 2 aromatic rings. The molecule has 0 unspecified atom stereocenters. The SMILES string of the molecule is Cc1nnc(-c2cnc3c(c2)C=CC3)s1. The number of hydrogen-bond donors (Lipinski definition) is 0. The summed E-state index contributed by atoms with van der Waals surface area (Å²) in [5.41, 5.74) is 3.42. The summed E-state index contributed by atoms with van der Waals surface area (Å²) in [4.78, 5) is 4.42. The minimum Gasteiger partial charge on any atom is -0.260 e. The van der Waals surface area contributed by atoms with Gasteiger partial charge in [0.1, 0.15) is 10.0 Å². The van der Waals surface area contributed by atoms with Gasteiger partial charge in [0.05, 0.1) is 5.69 Å². The lowest BCUT2D eigenvalue weighted by Crippen LogP contribution is -1.88. The Balaban J connectivity index is 2.10. The van der Waals surface area contributed by atoms with Crippen LogP contribution in [0, 0.1) is 6.92 Å². The summed E-state index contributed by atoms with van der Waals surface area (Å²) in [6.07, 6.45) is 7.07. The van der Waals surface area contributed by atoms with Crippen molar-refractivity contribution >= 4 is 17.4 Å². The van der Waals surface area contributed by atoms with E-state index in [0.717, 1.165) is 27.7 Å². The highest BCUT2D eigenvalue weighted by molar-refractivity contribution is 7.14. The minimum atomic E-state index is 0.947. The lowest BCUT2D eigenvalue weighted by atomic mass is 10.2. The summed E-state index contributed by atoms with van der Waals surface area (Å²) >= 11 is 1.60. The number of allylic oxidation sites excluding steroid dienone is 1. The number of nitrogens with zero attached hydrogens (tertiary/aromatic N) is 3. The number of aromatic nitrogens is 3. The maximum atomic E-state index is 4.42. The monoisotopic (exact) mass is 215 g/mol. The molecule has 0 radical (unpaired) electrons. The third-order valence-electron chi connectivity index (χ3n) is 2.39. The zero-order valence-corrected chi connectivity index (χ0v) is 9.08. The van der Waals surface area contributed by atoms with Crippen LogP contribution >= 0.6 is 11.3 Å². The number of fused-ring (bicyclic) bond motifs is 1. The Hall–Kier alpha value is -1.55. The van der Waals surface area contributed by atoms with E-state index in [1.165, 1.54) is 5.56 Å². The molecule has 3 rings (SSSR count). The molecular formula is C11H9N3S. The molecule has 0 spiro atoms. The van der Waals surface area contributed by atoms with Crippen molar-refractivity contribution in [3.8, 4) is 10.6 Å². The molecule has 15 heavy (non-hydrogen) atoms. The van der Waals surface area contributed by atoms with Crippen LogP contribution in [0.3, 0.4) is 0 Å². The molecule has 0 saturated heterocycles. The van der Waals surface area contributed by atoms with Crippen molar-refractivity contribution in [2.75, 3.05) is 0 Å². The second-order valence-electron chi connectivity index (χ2n) is 3.49. The average molecular weight is 215 g/mol. The van der Waals surface area contributed by atoms with Gasteiger partial charge < -0.3 is 0 Å². The summed E-state index contributed by atoms with van der Waals surface area (Å²) in [7, 11) is 0. The first kappa shape index (κ1) is 8.73. The van der Waals surface area contributed by atoms with Crippen molar-refractivity contribution in [2.45, 2.75) is 13.3 Å². The van der Waals surface area contributed by atoms with Crippen molar-refractivity contribution in [3.63, 3.8) is 0 Å². The predicted octanol–water partition coefficient (Wildman–Crippen LogP) is 2.48. The molecule has 1 aliphatic carbocycles. The van der Waals surface area contributed by atoms with Gasteiger partial charge in [0.15, 0.2) is 0 Å². The normalized spacial score (nSPS) is 13.1. The van der Waals surface area contributed by atoms with Crippen LogP contribution in [0.4, 0.5) is 0 Å². The summed E-state index contributed by atoms with van der Waals surface area (Å²) in [6, 6.07) is 2.13. The lowest BCUT2D eigenvalue weighted by Gasteiger charge is -1.99. The van der Waals surface area contributed by atoms with Crippen LogP contribution in [0.5, 0.6) is 0 Å². The highest BCUT2D eigenvalue weighted by Gasteiger charge is 2.10. The van der Waals surface area contributed by atoms with Crippen LogP contribution in [-0.4, -0.2) is 15.2 Å². The van der Waals surface area contributed by atoms with Gasteiger partial charge >= 0.3 is 0 Å². The molecule has 2 heterocycles. The Kier molecular flexibility index (Phi) is 1.89. The van der Waals surface area contributed by atoms with Gasteiger partial charge in [-0.15, -0.1) is 10.2 Å². The van der Waals surface area contributed by atoms with Gasteiger partial charge in [-0.05, 0) is 18.6 Å². The molecule has 0 aromatic carbocycles. The Morgan fingerprint density at radius 1 is 1.33 bits per heavy atom. The molecule has 74 valence electrons. The standard InChI is InChI=1S/C11H9N3S/c1-7-13-14-11(15-7)9-5-8-3-2-4-10(8)12-6-9/h2-3,5-6H,4H2,1H3. The average Bonchev–Trinajstić information content (AvgIpc) is 2.84. The van der Waals surface area contributed by atoms with Gasteiger partial charge in [-0.2, -0.15) is 0 Å². The second kappa shape index (κ2) is 3.24. The Bertz CT molecular complexity index is 543. The third kappa shape index (κ3) is 1.47. The van der Waals surface area contributed by atoms with Crippen molar-refractivity contribution in [1.82, 2.24) is 15.2 Å². The highest BCUT2D eigenvalue weighted by atomic mass is 32.1. The first-order valence-electron chi connectivity index (χ1n) is 4.79. The van der Waals surface area contributed by atoms with Crippen LogP contribution < -0.4 is 0 Å². The largest absolute Gasteiger partial charge is 0.260 e. The van der Waals surface area contributed by atoms with Crippen LogP contribution in [0.1, 0.15) is 16.3 Å². The van der Waals surface area contributed by atoms with E-state index in [1.54, 1.807) is 11.3 Å². The molecule has 0 saturated carbocycles. The van der Waals surface area contributed by atoms with E-state index in [-0.39, 0.29) is 0 Å². The Morgan fingerprint density at radius 3 is 3.07 bits per heavy atom. The molecule has 3 nitrogen and oxygen atoms in total. The van der Waals surface area contributed by atoms with Gasteiger partial charge in [0.2, 0.25) is 0 Å². The lowest BCUT2D eigenvalue weighted by molar-refractivity contribution is 1.05. The van der Waals surface area contributed by atoms with E-state index in [2.05, 4.69) is 33.4 Å². The van der Waals surface area contributed by atoms with E-state index in [4.69, 9.17) is 0 Å². The van der Waals surface area contributed by atoms with Gasteiger partial charge in [0.25, 0.3) is 0 Å².